The molecule has 0 atom stereocenters. The Kier molecular flexibility index (Phi) is 6.16. The Hall–Kier alpha value is -3.48. The maximum Gasteiger partial charge on any atom is 0.270 e. The minimum atomic E-state index is -0.274. The number of amides is 1. The molecule has 1 amide bonds. The second-order valence-electron chi connectivity index (χ2n) is 6.55. The molecule has 0 saturated heterocycles. The normalized spacial score (nSPS) is 10.6. The van der Waals surface area contributed by atoms with E-state index in [1.165, 1.54) is 0 Å². The topological polar surface area (TPSA) is 89.0 Å². The van der Waals surface area contributed by atoms with Crippen LogP contribution in [0, 0.1) is 6.92 Å². The molecule has 0 aliphatic heterocycles. The van der Waals surface area contributed by atoms with Crippen LogP contribution in [0.5, 0.6) is 5.75 Å². The fraction of sp³-hybridized carbons (Fsp3) is 0.238. The van der Waals surface area contributed by atoms with E-state index >= 15 is 0 Å². The minimum Gasteiger partial charge on any atom is -0.489 e. The molecule has 3 aromatic rings. The number of anilines is 2. The molecular formula is C21H23N5O2. The summed E-state index contributed by atoms with van der Waals surface area (Å²) in [6.45, 7) is 6.13. The van der Waals surface area contributed by atoms with Gasteiger partial charge in [-0.15, -0.1) is 0 Å². The number of benzene rings is 1. The van der Waals surface area contributed by atoms with Crippen LogP contribution in [0.1, 0.15) is 35.6 Å². The Morgan fingerprint density at radius 1 is 1.14 bits per heavy atom. The van der Waals surface area contributed by atoms with Gasteiger partial charge in [0.25, 0.3) is 5.91 Å². The first kappa shape index (κ1) is 19.3. The molecule has 7 nitrogen and oxygen atoms in total. The van der Waals surface area contributed by atoms with Crippen LogP contribution < -0.4 is 15.4 Å². The second kappa shape index (κ2) is 8.94. The van der Waals surface area contributed by atoms with E-state index in [1.54, 1.807) is 18.5 Å². The van der Waals surface area contributed by atoms with E-state index in [0.717, 1.165) is 11.3 Å². The maximum absolute atomic E-state index is 12.5. The summed E-state index contributed by atoms with van der Waals surface area (Å²) in [5.41, 5.74) is 2.63. The van der Waals surface area contributed by atoms with Gasteiger partial charge in [0.15, 0.2) is 0 Å². The van der Waals surface area contributed by atoms with Crippen molar-refractivity contribution in [3.05, 3.63) is 71.8 Å². The highest BCUT2D eigenvalue weighted by atomic mass is 16.5. The fourth-order valence-corrected chi connectivity index (χ4v) is 2.56. The first-order valence-electron chi connectivity index (χ1n) is 9.07. The molecule has 144 valence electrons. The van der Waals surface area contributed by atoms with Crippen LogP contribution in [0.4, 0.5) is 11.6 Å². The standard InChI is InChI=1S/C21H23N5O2/c1-14(2)28-19-9-5-4-8-17(19)25-21-24-15(3)11-18(26-21)20(27)23-13-16-7-6-10-22-12-16/h4-12,14H,13H2,1-3H3,(H,23,27)(H,24,25,26). The smallest absolute Gasteiger partial charge is 0.270 e. The predicted octanol–water partition coefficient (Wildman–Crippen LogP) is 3.64. The summed E-state index contributed by atoms with van der Waals surface area (Å²) >= 11 is 0. The molecule has 2 aromatic heterocycles. The third-order valence-corrected chi connectivity index (χ3v) is 3.76. The molecule has 7 heteroatoms. The Balaban J connectivity index is 1.75. The third-order valence-electron chi connectivity index (χ3n) is 3.76. The van der Waals surface area contributed by atoms with Crippen molar-refractivity contribution in [2.45, 2.75) is 33.4 Å². The van der Waals surface area contributed by atoms with Crippen molar-refractivity contribution in [1.82, 2.24) is 20.3 Å². The van der Waals surface area contributed by atoms with E-state index in [2.05, 4.69) is 25.6 Å². The summed E-state index contributed by atoms with van der Waals surface area (Å²) in [5.74, 6) is 0.764. The number of pyridine rings is 1. The molecule has 0 aliphatic rings. The number of aromatic nitrogens is 3. The van der Waals surface area contributed by atoms with Crippen molar-refractivity contribution in [2.24, 2.45) is 0 Å². The van der Waals surface area contributed by atoms with Gasteiger partial charge >= 0.3 is 0 Å². The van der Waals surface area contributed by atoms with E-state index in [9.17, 15) is 4.79 Å². The number of hydrogen-bond acceptors (Lipinski definition) is 6. The molecule has 0 bridgehead atoms. The highest BCUT2D eigenvalue weighted by Gasteiger charge is 2.12. The molecule has 2 N–H and O–H groups in total. The van der Waals surface area contributed by atoms with Crippen LogP contribution in [-0.2, 0) is 6.54 Å². The number of rotatable bonds is 7. The monoisotopic (exact) mass is 377 g/mol. The van der Waals surface area contributed by atoms with Crippen LogP contribution in [0.2, 0.25) is 0 Å². The van der Waals surface area contributed by atoms with Gasteiger partial charge in [0.05, 0.1) is 11.8 Å². The van der Waals surface area contributed by atoms with Crippen molar-refractivity contribution < 1.29 is 9.53 Å². The van der Waals surface area contributed by atoms with Gasteiger partial charge in [0, 0.05) is 24.6 Å². The van der Waals surface area contributed by atoms with Crippen LogP contribution >= 0.6 is 0 Å². The molecule has 3 rings (SSSR count). The van der Waals surface area contributed by atoms with Gasteiger partial charge < -0.3 is 15.4 Å². The Morgan fingerprint density at radius 2 is 1.96 bits per heavy atom. The fourth-order valence-electron chi connectivity index (χ4n) is 2.56. The molecule has 0 radical (unpaired) electrons. The number of nitrogens with zero attached hydrogens (tertiary/aromatic N) is 3. The lowest BCUT2D eigenvalue weighted by Gasteiger charge is -2.15. The number of hydrogen-bond donors (Lipinski definition) is 2. The van der Waals surface area contributed by atoms with Crippen LogP contribution in [0.3, 0.4) is 0 Å². The van der Waals surface area contributed by atoms with E-state index in [1.807, 2.05) is 57.2 Å². The van der Waals surface area contributed by atoms with E-state index in [0.29, 0.717) is 29.6 Å². The highest BCUT2D eigenvalue weighted by Crippen LogP contribution is 2.27. The van der Waals surface area contributed by atoms with E-state index in [-0.39, 0.29) is 12.0 Å². The van der Waals surface area contributed by atoms with E-state index in [4.69, 9.17) is 4.74 Å². The van der Waals surface area contributed by atoms with Crippen LogP contribution in [-0.4, -0.2) is 27.0 Å². The van der Waals surface area contributed by atoms with Gasteiger partial charge in [0.2, 0.25) is 5.95 Å². The third kappa shape index (κ3) is 5.26. The zero-order valence-corrected chi connectivity index (χ0v) is 16.1. The number of ether oxygens (including phenoxy) is 1. The number of carbonyl (C=O) groups is 1. The number of carbonyl (C=O) groups excluding carboxylic acids is 1. The first-order valence-corrected chi connectivity index (χ1v) is 9.07. The van der Waals surface area contributed by atoms with Crippen molar-refractivity contribution in [3.63, 3.8) is 0 Å². The average molecular weight is 377 g/mol. The minimum absolute atomic E-state index is 0.0372. The Bertz CT molecular complexity index is 945. The van der Waals surface area contributed by atoms with Crippen LogP contribution in [0.15, 0.2) is 54.9 Å². The van der Waals surface area contributed by atoms with Crippen LogP contribution in [0.25, 0.3) is 0 Å². The lowest BCUT2D eigenvalue weighted by atomic mass is 10.2. The molecule has 28 heavy (non-hydrogen) atoms. The lowest BCUT2D eigenvalue weighted by Crippen LogP contribution is -2.24. The molecule has 0 unspecified atom stereocenters. The predicted molar refractivity (Wildman–Crippen MR) is 108 cm³/mol. The van der Waals surface area contributed by atoms with Gasteiger partial charge in [-0.3, -0.25) is 9.78 Å². The molecule has 0 saturated carbocycles. The molecular weight excluding hydrogens is 354 g/mol. The maximum atomic E-state index is 12.5. The van der Waals surface area contributed by atoms with Crippen molar-refractivity contribution in [2.75, 3.05) is 5.32 Å². The van der Waals surface area contributed by atoms with Gasteiger partial charge in [-0.25, -0.2) is 9.97 Å². The van der Waals surface area contributed by atoms with Gasteiger partial charge in [-0.2, -0.15) is 0 Å². The lowest BCUT2D eigenvalue weighted by molar-refractivity contribution is 0.0945. The molecule has 0 spiro atoms. The Morgan fingerprint density at radius 3 is 2.71 bits per heavy atom. The molecule has 0 aliphatic carbocycles. The summed E-state index contributed by atoms with van der Waals surface area (Å²) in [6, 6.07) is 12.9. The molecule has 1 aromatic carbocycles. The number of aryl methyl sites for hydroxylation is 1. The van der Waals surface area contributed by atoms with Gasteiger partial charge in [0.1, 0.15) is 11.4 Å². The van der Waals surface area contributed by atoms with Crippen molar-refractivity contribution in [1.29, 1.82) is 0 Å². The quantitative estimate of drug-likeness (QED) is 0.653. The largest absolute Gasteiger partial charge is 0.489 e. The average Bonchev–Trinajstić information content (AvgIpc) is 2.67. The van der Waals surface area contributed by atoms with Gasteiger partial charge in [-0.1, -0.05) is 18.2 Å². The highest BCUT2D eigenvalue weighted by molar-refractivity contribution is 5.92. The zero-order chi connectivity index (χ0) is 19.9. The van der Waals surface area contributed by atoms with Crippen molar-refractivity contribution in [3.8, 4) is 5.75 Å². The summed E-state index contributed by atoms with van der Waals surface area (Å²) < 4.78 is 5.81. The van der Waals surface area contributed by atoms with E-state index < -0.39 is 0 Å². The number of para-hydroxylation sites is 2. The first-order chi connectivity index (χ1) is 13.5. The van der Waals surface area contributed by atoms with Crippen molar-refractivity contribution >= 4 is 17.5 Å². The molecule has 0 fully saturated rings. The zero-order valence-electron chi connectivity index (χ0n) is 16.1. The summed E-state index contributed by atoms with van der Waals surface area (Å²) in [7, 11) is 0. The SMILES string of the molecule is Cc1cc(C(=O)NCc2cccnc2)nc(Nc2ccccc2OC(C)C)n1. The van der Waals surface area contributed by atoms with Gasteiger partial charge in [-0.05, 0) is 50.6 Å². The second-order valence-corrected chi connectivity index (χ2v) is 6.55. The molecule has 2 heterocycles. The Labute approximate surface area is 164 Å². The summed E-state index contributed by atoms with van der Waals surface area (Å²) in [4.78, 5) is 25.3. The summed E-state index contributed by atoms with van der Waals surface area (Å²) in [6.07, 6.45) is 3.44. The number of nitrogens with one attached hydrogen (secondary N) is 2. The summed E-state index contributed by atoms with van der Waals surface area (Å²) in [5, 5.41) is 6.00.